The van der Waals surface area contributed by atoms with Gasteiger partial charge in [0.2, 0.25) is 6.29 Å². The first kappa shape index (κ1) is 9.57. The van der Waals surface area contributed by atoms with E-state index < -0.39 is 24.6 Å². The van der Waals surface area contributed by atoms with Crippen LogP contribution in [0.25, 0.3) is 0 Å². The highest BCUT2D eigenvalue weighted by atomic mass is 16.5. The lowest BCUT2D eigenvalue weighted by Crippen LogP contribution is -2.35. The summed E-state index contributed by atoms with van der Waals surface area (Å²) in [6.45, 7) is -0.493. The topological polar surface area (TPSA) is 107 Å². The van der Waals surface area contributed by atoms with Gasteiger partial charge in [0.05, 0.1) is 0 Å². The second-order valence-corrected chi connectivity index (χ2v) is 1.69. The Hall–Kier alpha value is -1.43. The van der Waals surface area contributed by atoms with Gasteiger partial charge in [0, 0.05) is 0 Å². The molecular formula is C5H7NO5. The third kappa shape index (κ3) is 4.04. The summed E-state index contributed by atoms with van der Waals surface area (Å²) >= 11 is 0. The van der Waals surface area contributed by atoms with Gasteiger partial charge < -0.3 is 15.6 Å². The van der Waals surface area contributed by atoms with Gasteiger partial charge in [-0.1, -0.05) is 0 Å². The average Bonchev–Trinajstić information content (AvgIpc) is 1.99. The largest absolute Gasteiger partial charge is 0.480 e. The van der Waals surface area contributed by atoms with E-state index in [9.17, 15) is 14.4 Å². The molecule has 0 spiro atoms. The lowest BCUT2D eigenvalue weighted by molar-refractivity contribution is -0.151. The Labute approximate surface area is 61.9 Å². The molecule has 0 saturated carbocycles. The number of ether oxygens (including phenoxy) is 1. The summed E-state index contributed by atoms with van der Waals surface area (Å²) < 4.78 is 4.10. The quantitative estimate of drug-likeness (QED) is 0.284. The number of hydrogen-bond acceptors (Lipinski definition) is 5. The molecule has 0 aromatic carbocycles. The first-order valence-electron chi connectivity index (χ1n) is 2.68. The van der Waals surface area contributed by atoms with Crippen LogP contribution in [0.3, 0.4) is 0 Å². The molecule has 0 rings (SSSR count). The minimum Gasteiger partial charge on any atom is -0.480 e. The maximum absolute atomic E-state index is 10.1. The van der Waals surface area contributed by atoms with Gasteiger partial charge in [-0.25, -0.2) is 4.79 Å². The van der Waals surface area contributed by atoms with E-state index >= 15 is 0 Å². The number of hydrogen-bond donors (Lipinski definition) is 2. The van der Waals surface area contributed by atoms with Crippen LogP contribution in [0.15, 0.2) is 0 Å². The number of aldehydes is 1. The highest BCUT2D eigenvalue weighted by molar-refractivity contribution is 6.20. The van der Waals surface area contributed by atoms with Crippen LogP contribution in [0.1, 0.15) is 0 Å². The Bertz CT molecular complexity index is 178. The Kier molecular flexibility index (Phi) is 3.82. The molecule has 11 heavy (non-hydrogen) atoms. The standard InChI is InChI=1S/C5H7NO5/c6-3(5(9)10)2-11-4(8)1-7/h1,3H,2,6H2,(H,9,10). The predicted octanol–water partition coefficient (Wildman–Crippen LogP) is -1.86. The van der Waals surface area contributed by atoms with Gasteiger partial charge in [0.1, 0.15) is 12.6 Å². The van der Waals surface area contributed by atoms with Crippen molar-refractivity contribution in [1.29, 1.82) is 0 Å². The normalized spacial score (nSPS) is 11.7. The summed E-state index contributed by atoms with van der Waals surface area (Å²) in [5.41, 5.74) is 4.93. The molecule has 0 fully saturated rings. The molecule has 0 aliphatic carbocycles. The van der Waals surface area contributed by atoms with Gasteiger partial charge >= 0.3 is 11.9 Å². The van der Waals surface area contributed by atoms with Crippen molar-refractivity contribution in [1.82, 2.24) is 0 Å². The smallest absolute Gasteiger partial charge is 0.371 e. The SMILES string of the molecule is NC(COC(=O)C=O)C(=O)O. The first-order chi connectivity index (χ1) is 5.07. The van der Waals surface area contributed by atoms with Crippen molar-refractivity contribution in [2.45, 2.75) is 6.04 Å². The summed E-state index contributed by atoms with van der Waals surface area (Å²) in [5, 5.41) is 8.16. The number of nitrogens with two attached hydrogens (primary N) is 1. The van der Waals surface area contributed by atoms with Crippen molar-refractivity contribution in [3.63, 3.8) is 0 Å². The summed E-state index contributed by atoms with van der Waals surface area (Å²) in [5.74, 6) is -2.41. The number of aliphatic carboxylic acids is 1. The van der Waals surface area contributed by atoms with E-state index in [4.69, 9.17) is 10.8 Å². The number of carboxylic acids is 1. The molecule has 0 bridgehead atoms. The van der Waals surface area contributed by atoms with Crippen molar-refractivity contribution in [3.05, 3.63) is 0 Å². The van der Waals surface area contributed by atoms with Gasteiger partial charge in [-0.15, -0.1) is 0 Å². The molecule has 0 aliphatic heterocycles. The minimum atomic E-state index is -1.29. The number of esters is 1. The lowest BCUT2D eigenvalue weighted by atomic mass is 10.3. The Morgan fingerprint density at radius 3 is 2.55 bits per heavy atom. The number of carbonyl (C=O) groups is 3. The van der Waals surface area contributed by atoms with Gasteiger partial charge in [0.15, 0.2) is 0 Å². The predicted molar refractivity (Wildman–Crippen MR) is 32.6 cm³/mol. The molecular weight excluding hydrogens is 154 g/mol. The van der Waals surface area contributed by atoms with E-state index in [0.717, 1.165) is 0 Å². The molecule has 6 heteroatoms. The van der Waals surface area contributed by atoms with Gasteiger partial charge in [-0.3, -0.25) is 9.59 Å². The zero-order valence-electron chi connectivity index (χ0n) is 5.52. The van der Waals surface area contributed by atoms with Crippen LogP contribution in [0.2, 0.25) is 0 Å². The fourth-order valence-corrected chi connectivity index (χ4v) is 0.277. The Morgan fingerprint density at radius 2 is 2.18 bits per heavy atom. The third-order valence-corrected chi connectivity index (χ3v) is 0.819. The molecule has 1 unspecified atom stereocenters. The summed E-state index contributed by atoms with van der Waals surface area (Å²) in [4.78, 5) is 29.7. The Morgan fingerprint density at radius 1 is 1.64 bits per heavy atom. The van der Waals surface area contributed by atoms with E-state index in [-0.39, 0.29) is 6.29 Å². The van der Waals surface area contributed by atoms with Crippen molar-refractivity contribution in [3.8, 4) is 0 Å². The molecule has 0 aromatic heterocycles. The van der Waals surface area contributed by atoms with Gasteiger partial charge in [-0.2, -0.15) is 0 Å². The third-order valence-electron chi connectivity index (χ3n) is 0.819. The molecule has 0 saturated heterocycles. The van der Waals surface area contributed by atoms with Crippen LogP contribution in [-0.2, 0) is 19.1 Å². The monoisotopic (exact) mass is 161 g/mol. The lowest BCUT2D eigenvalue weighted by Gasteiger charge is -2.04. The number of rotatable bonds is 4. The van der Waals surface area contributed by atoms with Crippen molar-refractivity contribution in [2.75, 3.05) is 6.61 Å². The average molecular weight is 161 g/mol. The fraction of sp³-hybridized carbons (Fsp3) is 0.400. The maximum Gasteiger partial charge on any atom is 0.371 e. The molecule has 0 radical (unpaired) electrons. The van der Waals surface area contributed by atoms with Crippen LogP contribution in [0, 0.1) is 0 Å². The van der Waals surface area contributed by atoms with Crippen molar-refractivity contribution < 1.29 is 24.2 Å². The Balaban J connectivity index is 3.62. The second kappa shape index (κ2) is 4.40. The molecule has 0 aliphatic rings. The van der Waals surface area contributed by atoms with E-state index in [1.807, 2.05) is 0 Å². The van der Waals surface area contributed by atoms with Crippen LogP contribution in [0.4, 0.5) is 0 Å². The summed E-state index contributed by atoms with van der Waals surface area (Å²) in [7, 11) is 0. The molecule has 62 valence electrons. The van der Waals surface area contributed by atoms with E-state index in [1.165, 1.54) is 0 Å². The van der Waals surface area contributed by atoms with Gasteiger partial charge in [0.25, 0.3) is 0 Å². The molecule has 3 N–H and O–H groups in total. The van der Waals surface area contributed by atoms with E-state index in [2.05, 4.69) is 4.74 Å². The van der Waals surface area contributed by atoms with Crippen LogP contribution in [0.5, 0.6) is 0 Å². The summed E-state index contributed by atoms with van der Waals surface area (Å²) in [6.07, 6.45) is -0.0609. The van der Waals surface area contributed by atoms with Crippen LogP contribution in [-0.4, -0.2) is 36.0 Å². The van der Waals surface area contributed by atoms with Crippen molar-refractivity contribution in [2.24, 2.45) is 5.73 Å². The molecule has 1 atom stereocenters. The zero-order valence-corrected chi connectivity index (χ0v) is 5.52. The second-order valence-electron chi connectivity index (χ2n) is 1.69. The maximum atomic E-state index is 10.1. The zero-order chi connectivity index (χ0) is 8.85. The van der Waals surface area contributed by atoms with E-state index in [1.54, 1.807) is 0 Å². The molecule has 0 heterocycles. The minimum absolute atomic E-state index is 0.0609. The highest BCUT2D eigenvalue weighted by Crippen LogP contribution is 1.81. The summed E-state index contributed by atoms with van der Waals surface area (Å²) in [6, 6.07) is -1.28. The fourth-order valence-electron chi connectivity index (χ4n) is 0.277. The first-order valence-corrected chi connectivity index (χ1v) is 2.68. The van der Waals surface area contributed by atoms with Crippen LogP contribution >= 0.6 is 0 Å². The van der Waals surface area contributed by atoms with Crippen LogP contribution < -0.4 is 5.73 Å². The number of carboxylic acid groups (broad SMARTS) is 1. The van der Waals surface area contributed by atoms with Crippen molar-refractivity contribution >= 4 is 18.2 Å². The van der Waals surface area contributed by atoms with E-state index in [0.29, 0.717) is 0 Å². The van der Waals surface area contributed by atoms with Gasteiger partial charge in [-0.05, 0) is 0 Å². The highest BCUT2D eigenvalue weighted by Gasteiger charge is 2.13. The molecule has 0 amide bonds. The molecule has 6 nitrogen and oxygen atoms in total. The molecule has 0 aromatic rings. The number of carbonyl (C=O) groups excluding carboxylic acids is 2.